The summed E-state index contributed by atoms with van der Waals surface area (Å²) in [4.78, 5) is 14.9. The molecule has 1 aliphatic rings. The molecule has 0 saturated carbocycles. The van der Waals surface area contributed by atoms with Gasteiger partial charge >= 0.3 is 5.69 Å². The minimum absolute atomic E-state index is 0.0848. The molecule has 0 aromatic carbocycles. The lowest BCUT2D eigenvalue weighted by atomic mass is 10.2. The van der Waals surface area contributed by atoms with E-state index in [0.29, 0.717) is 0 Å². The van der Waals surface area contributed by atoms with Gasteiger partial charge in [0.25, 0.3) is 0 Å². The Morgan fingerprint density at radius 1 is 1.69 bits per heavy atom. The van der Waals surface area contributed by atoms with Crippen LogP contribution < -0.4 is 11.4 Å². The van der Waals surface area contributed by atoms with Gasteiger partial charge in [-0.3, -0.25) is 4.57 Å². The average molecular weight is 227 g/mol. The molecule has 3 N–H and O–H groups in total. The summed E-state index contributed by atoms with van der Waals surface area (Å²) in [6, 6.07) is 1.40. The number of aromatic nitrogens is 2. The van der Waals surface area contributed by atoms with Crippen LogP contribution in [0.5, 0.6) is 0 Å². The van der Waals surface area contributed by atoms with Gasteiger partial charge in [0.05, 0.1) is 6.61 Å². The van der Waals surface area contributed by atoms with Gasteiger partial charge in [0.2, 0.25) is 0 Å². The SMILES string of the molecule is Nc1ccn([C@H]2C=C(F)[C@H](O)CO2)c(=O)n1. The van der Waals surface area contributed by atoms with Gasteiger partial charge in [0.15, 0.2) is 6.23 Å². The Bertz CT molecular complexity index is 485. The number of nitrogens with two attached hydrogens (primary N) is 1. The highest BCUT2D eigenvalue weighted by atomic mass is 19.1. The van der Waals surface area contributed by atoms with E-state index in [9.17, 15) is 9.18 Å². The van der Waals surface area contributed by atoms with Gasteiger partial charge in [-0.25, -0.2) is 9.18 Å². The number of nitrogens with zero attached hydrogens (tertiary/aromatic N) is 2. The minimum atomic E-state index is -1.27. The van der Waals surface area contributed by atoms with Crippen LogP contribution in [0.3, 0.4) is 0 Å². The number of hydrogen-bond acceptors (Lipinski definition) is 5. The number of halogens is 1. The molecule has 0 fully saturated rings. The van der Waals surface area contributed by atoms with E-state index in [1.165, 1.54) is 12.3 Å². The second-order valence-electron chi connectivity index (χ2n) is 3.33. The number of ether oxygens (including phenoxy) is 1. The van der Waals surface area contributed by atoms with E-state index in [2.05, 4.69) is 4.98 Å². The Balaban J connectivity index is 2.35. The lowest BCUT2D eigenvalue weighted by Gasteiger charge is -2.23. The minimum Gasteiger partial charge on any atom is -0.384 e. The van der Waals surface area contributed by atoms with Gasteiger partial charge in [-0.15, -0.1) is 0 Å². The predicted octanol–water partition coefficient (Wildman–Crippen LogP) is -0.431. The van der Waals surface area contributed by atoms with E-state index in [0.717, 1.165) is 10.6 Å². The van der Waals surface area contributed by atoms with E-state index in [1.807, 2.05) is 0 Å². The molecular formula is C9H10FN3O3. The number of rotatable bonds is 1. The third-order valence-corrected chi connectivity index (χ3v) is 2.17. The summed E-state index contributed by atoms with van der Waals surface area (Å²) in [7, 11) is 0. The molecule has 6 nitrogen and oxygen atoms in total. The monoisotopic (exact) mass is 227 g/mol. The fraction of sp³-hybridized carbons (Fsp3) is 0.333. The molecule has 2 heterocycles. The van der Waals surface area contributed by atoms with E-state index in [4.69, 9.17) is 15.6 Å². The van der Waals surface area contributed by atoms with Crippen molar-refractivity contribution in [2.24, 2.45) is 0 Å². The van der Waals surface area contributed by atoms with Crippen LogP contribution in [-0.4, -0.2) is 27.4 Å². The summed E-state index contributed by atoms with van der Waals surface area (Å²) >= 11 is 0. The molecule has 1 aliphatic heterocycles. The van der Waals surface area contributed by atoms with E-state index >= 15 is 0 Å². The molecule has 1 aromatic heterocycles. The van der Waals surface area contributed by atoms with E-state index in [-0.39, 0.29) is 12.4 Å². The van der Waals surface area contributed by atoms with Gasteiger partial charge in [-0.1, -0.05) is 0 Å². The van der Waals surface area contributed by atoms with Crippen molar-refractivity contribution in [2.45, 2.75) is 12.3 Å². The molecule has 2 rings (SSSR count). The zero-order valence-corrected chi connectivity index (χ0v) is 8.21. The lowest BCUT2D eigenvalue weighted by molar-refractivity contribution is -0.0345. The molecule has 0 radical (unpaired) electrons. The molecule has 16 heavy (non-hydrogen) atoms. The molecule has 1 aromatic rings. The van der Waals surface area contributed by atoms with Crippen LogP contribution >= 0.6 is 0 Å². The summed E-state index contributed by atoms with van der Waals surface area (Å²) < 4.78 is 19.3. The van der Waals surface area contributed by atoms with Crippen molar-refractivity contribution in [1.29, 1.82) is 0 Å². The first-order valence-corrected chi connectivity index (χ1v) is 4.59. The first kappa shape index (κ1) is 10.8. The number of hydrogen-bond donors (Lipinski definition) is 2. The normalized spacial score (nSPS) is 25.2. The highest BCUT2D eigenvalue weighted by Crippen LogP contribution is 2.20. The number of aliphatic hydroxyl groups excluding tert-OH is 1. The highest BCUT2D eigenvalue weighted by molar-refractivity contribution is 5.23. The molecule has 0 saturated heterocycles. The summed E-state index contributed by atoms with van der Waals surface area (Å²) in [6.45, 7) is -0.205. The Hall–Kier alpha value is -1.73. The number of aliphatic hydroxyl groups is 1. The summed E-state index contributed by atoms with van der Waals surface area (Å²) in [5.41, 5.74) is 4.68. The Labute approximate surface area is 89.8 Å². The molecule has 0 bridgehead atoms. The topological polar surface area (TPSA) is 90.4 Å². The van der Waals surface area contributed by atoms with Gasteiger partial charge < -0.3 is 15.6 Å². The Morgan fingerprint density at radius 2 is 2.44 bits per heavy atom. The van der Waals surface area contributed by atoms with Crippen molar-refractivity contribution >= 4 is 5.82 Å². The van der Waals surface area contributed by atoms with Crippen LogP contribution in [0.4, 0.5) is 10.2 Å². The molecule has 86 valence electrons. The zero-order valence-electron chi connectivity index (χ0n) is 8.21. The molecule has 2 atom stereocenters. The first-order valence-electron chi connectivity index (χ1n) is 4.59. The highest BCUT2D eigenvalue weighted by Gasteiger charge is 2.23. The first-order chi connectivity index (χ1) is 7.58. The summed E-state index contributed by atoms with van der Waals surface area (Å²) in [5.74, 6) is -0.637. The van der Waals surface area contributed by atoms with Gasteiger partial charge in [0.1, 0.15) is 17.7 Å². The van der Waals surface area contributed by atoms with Crippen molar-refractivity contribution < 1.29 is 14.2 Å². The van der Waals surface area contributed by atoms with Gasteiger partial charge in [-0.2, -0.15) is 4.98 Å². The van der Waals surface area contributed by atoms with E-state index in [1.54, 1.807) is 0 Å². The number of anilines is 1. The molecule has 0 amide bonds. The van der Waals surface area contributed by atoms with Crippen LogP contribution in [0.15, 0.2) is 29.0 Å². The Kier molecular flexibility index (Phi) is 2.71. The molecule has 0 aliphatic carbocycles. The number of nitrogen functional groups attached to an aromatic ring is 1. The standard InChI is InChI=1S/C9H10FN3O3/c10-5-3-8(16-4-6(5)14)13-2-1-7(11)12-9(13)15/h1-3,6,8,14H,4H2,(H2,11,12,15)/t6-,8-/m1/s1. The lowest BCUT2D eigenvalue weighted by Crippen LogP contribution is -2.32. The van der Waals surface area contributed by atoms with Crippen LogP contribution in [0.25, 0.3) is 0 Å². The van der Waals surface area contributed by atoms with Gasteiger partial charge in [-0.05, 0) is 12.1 Å². The van der Waals surface area contributed by atoms with Gasteiger partial charge in [0, 0.05) is 6.20 Å². The third-order valence-electron chi connectivity index (χ3n) is 2.17. The van der Waals surface area contributed by atoms with E-state index < -0.39 is 23.8 Å². The van der Waals surface area contributed by atoms with Crippen molar-refractivity contribution in [3.05, 3.63) is 34.7 Å². The summed E-state index contributed by atoms with van der Waals surface area (Å²) in [6.07, 6.45) is 0.210. The van der Waals surface area contributed by atoms with Crippen LogP contribution in [0.1, 0.15) is 6.23 Å². The van der Waals surface area contributed by atoms with Crippen LogP contribution in [-0.2, 0) is 4.74 Å². The van der Waals surface area contributed by atoms with Crippen molar-refractivity contribution in [3.63, 3.8) is 0 Å². The largest absolute Gasteiger partial charge is 0.384 e. The maximum Gasteiger partial charge on any atom is 0.351 e. The van der Waals surface area contributed by atoms with Crippen LogP contribution in [0, 0.1) is 0 Å². The van der Waals surface area contributed by atoms with Crippen LogP contribution in [0.2, 0.25) is 0 Å². The quantitative estimate of drug-likeness (QED) is 0.679. The fourth-order valence-corrected chi connectivity index (χ4v) is 1.34. The van der Waals surface area contributed by atoms with Crippen molar-refractivity contribution in [3.8, 4) is 0 Å². The molecule has 0 unspecified atom stereocenters. The fourth-order valence-electron chi connectivity index (χ4n) is 1.34. The average Bonchev–Trinajstić information content (AvgIpc) is 2.22. The van der Waals surface area contributed by atoms with Crippen molar-refractivity contribution in [2.75, 3.05) is 12.3 Å². The summed E-state index contributed by atoms with van der Waals surface area (Å²) in [5, 5.41) is 9.06. The van der Waals surface area contributed by atoms with Crippen molar-refractivity contribution in [1.82, 2.24) is 9.55 Å². The zero-order chi connectivity index (χ0) is 11.7. The Morgan fingerprint density at radius 3 is 3.06 bits per heavy atom. The smallest absolute Gasteiger partial charge is 0.351 e. The maximum absolute atomic E-state index is 13.1. The molecular weight excluding hydrogens is 217 g/mol. The molecule has 7 heteroatoms. The maximum atomic E-state index is 13.1. The third kappa shape index (κ3) is 1.95. The predicted molar refractivity (Wildman–Crippen MR) is 53.1 cm³/mol. The molecule has 0 spiro atoms. The second kappa shape index (κ2) is 4.03. The second-order valence-corrected chi connectivity index (χ2v) is 3.33.